The van der Waals surface area contributed by atoms with E-state index in [1.54, 1.807) is 0 Å². The third-order valence-electron chi connectivity index (χ3n) is 4.93. The molecule has 4 rings (SSSR count). The molecule has 1 atom stereocenters. The van der Waals surface area contributed by atoms with Gasteiger partial charge < -0.3 is 5.32 Å². The molecule has 0 saturated carbocycles. The van der Waals surface area contributed by atoms with Gasteiger partial charge in [-0.2, -0.15) is 0 Å². The van der Waals surface area contributed by atoms with Gasteiger partial charge in [0.05, 0.1) is 5.56 Å². The minimum atomic E-state index is -0.519. The second-order valence-corrected chi connectivity index (χ2v) is 7.07. The smallest absolute Gasteiger partial charge is 0.327 e. The number of nitrogens with one attached hydrogen (secondary N) is 3. The molecule has 1 aliphatic rings. The lowest BCUT2D eigenvalue weighted by Gasteiger charge is -2.25. The van der Waals surface area contributed by atoms with Gasteiger partial charge in [-0.25, -0.2) is 4.79 Å². The Labute approximate surface area is 156 Å². The Hall–Kier alpha value is -3.34. The van der Waals surface area contributed by atoms with Crippen molar-refractivity contribution in [1.82, 2.24) is 9.97 Å². The maximum absolute atomic E-state index is 12.5. The second-order valence-electron chi connectivity index (χ2n) is 7.07. The Kier molecular flexibility index (Phi) is 4.28. The largest absolute Gasteiger partial charge is 0.341 e. The van der Waals surface area contributed by atoms with Crippen molar-refractivity contribution in [2.24, 2.45) is 0 Å². The molecule has 0 bridgehead atoms. The van der Waals surface area contributed by atoms with Crippen LogP contribution in [0.3, 0.4) is 0 Å². The monoisotopic (exact) mass is 359 g/mol. The number of hydrogen-bond donors (Lipinski definition) is 3. The lowest BCUT2D eigenvalue weighted by molar-refractivity contribution is 0.861. The maximum atomic E-state index is 12.5. The lowest BCUT2D eigenvalue weighted by atomic mass is 9.87. The molecule has 0 aliphatic carbocycles. The first-order valence-corrected chi connectivity index (χ1v) is 9.03. The Morgan fingerprint density at radius 1 is 0.889 bits per heavy atom. The van der Waals surface area contributed by atoms with Crippen LogP contribution in [-0.2, 0) is 0 Å². The van der Waals surface area contributed by atoms with Crippen molar-refractivity contribution in [1.29, 1.82) is 0 Å². The highest BCUT2D eigenvalue weighted by atomic mass is 16.2. The van der Waals surface area contributed by atoms with Gasteiger partial charge in [-0.1, -0.05) is 68.4 Å². The quantitative estimate of drug-likeness (QED) is 0.666. The molecule has 0 amide bonds. The summed E-state index contributed by atoms with van der Waals surface area (Å²) < 4.78 is 0. The number of H-pyrrole nitrogens is 2. The highest BCUT2D eigenvalue weighted by Gasteiger charge is 2.26. The number of allylic oxidation sites excluding steroid dienone is 1. The first kappa shape index (κ1) is 17.1. The van der Waals surface area contributed by atoms with E-state index in [2.05, 4.69) is 53.4 Å². The van der Waals surface area contributed by atoms with Crippen LogP contribution < -0.4 is 16.6 Å². The molecular weight excluding hydrogens is 338 g/mol. The summed E-state index contributed by atoms with van der Waals surface area (Å²) in [5.41, 5.74) is 3.74. The van der Waals surface area contributed by atoms with Crippen molar-refractivity contribution in [3.8, 4) is 0 Å². The highest BCUT2D eigenvalue weighted by molar-refractivity contribution is 5.81. The van der Waals surface area contributed by atoms with E-state index in [9.17, 15) is 9.59 Å². The molecule has 0 fully saturated rings. The Morgan fingerprint density at radius 3 is 2.26 bits per heavy atom. The van der Waals surface area contributed by atoms with Gasteiger partial charge in [-0.3, -0.25) is 14.8 Å². The molecule has 0 saturated heterocycles. The molecule has 1 unspecified atom stereocenters. The van der Waals surface area contributed by atoms with Crippen molar-refractivity contribution in [2.75, 3.05) is 5.32 Å². The molecule has 1 aromatic heterocycles. The van der Waals surface area contributed by atoms with E-state index in [0.717, 1.165) is 16.8 Å². The first-order chi connectivity index (χ1) is 13.0. The highest BCUT2D eigenvalue weighted by Crippen LogP contribution is 2.36. The molecule has 0 radical (unpaired) electrons. The zero-order valence-corrected chi connectivity index (χ0v) is 15.2. The summed E-state index contributed by atoms with van der Waals surface area (Å²) in [5, 5.41) is 3.21. The fourth-order valence-electron chi connectivity index (χ4n) is 3.45. The first-order valence-electron chi connectivity index (χ1n) is 9.03. The van der Waals surface area contributed by atoms with Gasteiger partial charge in [-0.05, 0) is 28.7 Å². The summed E-state index contributed by atoms with van der Waals surface area (Å²) in [6.07, 6.45) is 2.04. The van der Waals surface area contributed by atoms with Gasteiger partial charge in [-0.15, -0.1) is 0 Å². The molecule has 1 aliphatic heterocycles. The number of aromatic nitrogens is 2. The summed E-state index contributed by atoms with van der Waals surface area (Å²) >= 11 is 0. The molecule has 2 heterocycles. The fourth-order valence-corrected chi connectivity index (χ4v) is 3.45. The van der Waals surface area contributed by atoms with E-state index in [-0.39, 0.29) is 11.5 Å². The average molecular weight is 359 g/mol. The minimum Gasteiger partial charge on any atom is -0.341 e. The molecule has 27 heavy (non-hydrogen) atoms. The van der Waals surface area contributed by atoms with Crippen molar-refractivity contribution in [2.45, 2.75) is 25.7 Å². The van der Waals surface area contributed by atoms with Gasteiger partial charge in [0.2, 0.25) is 0 Å². The maximum Gasteiger partial charge on any atom is 0.327 e. The zero-order chi connectivity index (χ0) is 19.0. The standard InChI is InChI=1S/C22H21N3O2/c1-13(2)14-8-10-15(11-9-14)17-12-18(16-6-4-3-5-7-16)23-20-19(17)21(26)25-22(27)24-20/h3-13,17H,1-2H3,(H3,23,24,25,26,27). The Bertz CT molecular complexity index is 1110. The van der Waals surface area contributed by atoms with Crippen LogP contribution >= 0.6 is 0 Å². The molecule has 136 valence electrons. The van der Waals surface area contributed by atoms with Crippen LogP contribution in [0.1, 0.15) is 47.9 Å². The number of benzene rings is 2. The average Bonchev–Trinajstić information content (AvgIpc) is 2.67. The zero-order valence-electron chi connectivity index (χ0n) is 15.2. The summed E-state index contributed by atoms with van der Waals surface area (Å²) in [6, 6.07) is 18.2. The van der Waals surface area contributed by atoms with Crippen LogP contribution in [0.25, 0.3) is 5.70 Å². The summed E-state index contributed by atoms with van der Waals surface area (Å²) in [7, 11) is 0. The number of fused-ring (bicyclic) bond motifs is 1. The summed E-state index contributed by atoms with van der Waals surface area (Å²) in [4.78, 5) is 29.4. The van der Waals surface area contributed by atoms with E-state index in [4.69, 9.17) is 0 Å². The van der Waals surface area contributed by atoms with E-state index in [1.807, 2.05) is 36.4 Å². The normalized spacial score (nSPS) is 15.8. The Morgan fingerprint density at radius 2 is 1.59 bits per heavy atom. The third kappa shape index (κ3) is 3.24. The molecule has 2 aromatic carbocycles. The van der Waals surface area contributed by atoms with Crippen LogP contribution in [0.15, 0.2) is 70.3 Å². The number of aromatic amines is 2. The van der Waals surface area contributed by atoms with Gasteiger partial charge in [0.25, 0.3) is 5.56 Å². The lowest BCUT2D eigenvalue weighted by Crippen LogP contribution is -2.31. The van der Waals surface area contributed by atoms with Crippen LogP contribution in [-0.4, -0.2) is 9.97 Å². The molecule has 3 N–H and O–H groups in total. The topological polar surface area (TPSA) is 77.8 Å². The van der Waals surface area contributed by atoms with E-state index >= 15 is 0 Å². The molecule has 5 nitrogen and oxygen atoms in total. The van der Waals surface area contributed by atoms with Gasteiger partial charge in [0.1, 0.15) is 5.82 Å². The summed E-state index contributed by atoms with van der Waals surface area (Å²) in [6.45, 7) is 4.30. The van der Waals surface area contributed by atoms with Crippen molar-refractivity contribution < 1.29 is 0 Å². The van der Waals surface area contributed by atoms with Gasteiger partial charge >= 0.3 is 5.69 Å². The second kappa shape index (κ2) is 6.76. The third-order valence-corrected chi connectivity index (χ3v) is 4.93. The Balaban J connectivity index is 1.88. The molecular formula is C22H21N3O2. The number of anilines is 1. The SMILES string of the molecule is CC(C)c1ccc(C2C=C(c3ccccc3)Nc3[nH]c(=O)[nH]c(=O)c32)cc1. The van der Waals surface area contributed by atoms with Crippen molar-refractivity contribution in [3.05, 3.63) is 104 Å². The van der Waals surface area contributed by atoms with Gasteiger partial charge in [0, 0.05) is 11.6 Å². The van der Waals surface area contributed by atoms with E-state index in [0.29, 0.717) is 17.3 Å². The number of hydrogen-bond acceptors (Lipinski definition) is 3. The van der Waals surface area contributed by atoms with Crippen LogP contribution in [0.4, 0.5) is 5.82 Å². The molecule has 5 heteroatoms. The van der Waals surface area contributed by atoms with Crippen molar-refractivity contribution >= 4 is 11.5 Å². The molecule has 0 spiro atoms. The van der Waals surface area contributed by atoms with Crippen LogP contribution in [0, 0.1) is 0 Å². The minimum absolute atomic E-state index is 0.252. The van der Waals surface area contributed by atoms with E-state index in [1.165, 1.54) is 5.56 Å². The molecule has 3 aromatic rings. The van der Waals surface area contributed by atoms with Crippen LogP contribution in [0.5, 0.6) is 0 Å². The number of rotatable bonds is 3. The predicted molar refractivity (Wildman–Crippen MR) is 108 cm³/mol. The summed E-state index contributed by atoms with van der Waals surface area (Å²) in [5.74, 6) is 0.635. The predicted octanol–water partition coefficient (Wildman–Crippen LogP) is 3.79. The van der Waals surface area contributed by atoms with E-state index < -0.39 is 5.69 Å². The van der Waals surface area contributed by atoms with Crippen LogP contribution in [0.2, 0.25) is 0 Å². The van der Waals surface area contributed by atoms with Gasteiger partial charge in [0.15, 0.2) is 0 Å². The van der Waals surface area contributed by atoms with Crippen molar-refractivity contribution in [3.63, 3.8) is 0 Å². The fraction of sp³-hybridized carbons (Fsp3) is 0.182.